The number of rotatable bonds is 2. The lowest BCUT2D eigenvalue weighted by Gasteiger charge is -2.33. The molecule has 0 aromatic heterocycles. The quantitative estimate of drug-likeness (QED) is 0.489. The molecule has 0 aliphatic heterocycles. The van der Waals surface area contributed by atoms with E-state index in [9.17, 15) is 9.59 Å². The van der Waals surface area contributed by atoms with Gasteiger partial charge in [-0.05, 0) is 37.5 Å². The van der Waals surface area contributed by atoms with Crippen molar-refractivity contribution in [2.24, 2.45) is 22.7 Å². The summed E-state index contributed by atoms with van der Waals surface area (Å²) in [7, 11) is 1.43. The molecule has 4 aliphatic carbocycles. The zero-order valence-corrected chi connectivity index (χ0v) is 8.29. The molecule has 0 heterocycles. The van der Waals surface area contributed by atoms with Gasteiger partial charge in [0.1, 0.15) is 6.29 Å². The minimum absolute atomic E-state index is 0.146. The number of carbonyl (C=O) groups is 2. The molecule has 14 heavy (non-hydrogen) atoms. The molecule has 0 saturated heterocycles. The smallest absolute Gasteiger partial charge is 0.312 e. The lowest BCUT2D eigenvalue weighted by molar-refractivity contribution is -0.159. The largest absolute Gasteiger partial charge is 0.469 e. The van der Waals surface area contributed by atoms with Gasteiger partial charge in [0.05, 0.1) is 12.5 Å². The number of carbonyl (C=O) groups excluding carboxylic acids is 2. The van der Waals surface area contributed by atoms with Crippen molar-refractivity contribution in [3.63, 3.8) is 0 Å². The van der Waals surface area contributed by atoms with Crippen LogP contribution in [0.4, 0.5) is 0 Å². The van der Waals surface area contributed by atoms with E-state index in [1.807, 2.05) is 0 Å². The Labute approximate surface area is 82.8 Å². The van der Waals surface area contributed by atoms with E-state index in [1.54, 1.807) is 0 Å². The van der Waals surface area contributed by atoms with Gasteiger partial charge < -0.3 is 9.53 Å². The summed E-state index contributed by atoms with van der Waals surface area (Å²) in [6.45, 7) is 0. The molecule has 4 rings (SSSR count). The first-order chi connectivity index (χ1) is 6.67. The number of aldehydes is 1. The molecule has 0 spiro atoms. The molecule has 2 unspecified atom stereocenters. The van der Waals surface area contributed by atoms with Crippen molar-refractivity contribution in [2.75, 3.05) is 7.11 Å². The molecule has 0 aromatic carbocycles. The fourth-order valence-corrected chi connectivity index (χ4v) is 4.38. The second-order valence-electron chi connectivity index (χ2n) is 5.18. The van der Waals surface area contributed by atoms with Crippen molar-refractivity contribution in [2.45, 2.75) is 25.7 Å². The van der Waals surface area contributed by atoms with Crippen molar-refractivity contribution in [3.05, 3.63) is 0 Å². The van der Waals surface area contributed by atoms with Gasteiger partial charge in [-0.2, -0.15) is 0 Å². The minimum atomic E-state index is -0.432. The number of esters is 1. The summed E-state index contributed by atoms with van der Waals surface area (Å²) in [6.07, 6.45) is 4.68. The van der Waals surface area contributed by atoms with Crippen LogP contribution in [-0.4, -0.2) is 19.4 Å². The lowest BCUT2D eigenvalue weighted by Crippen LogP contribution is -2.41. The fraction of sp³-hybridized carbons (Fsp3) is 0.818. The molecule has 0 aromatic rings. The highest BCUT2D eigenvalue weighted by molar-refractivity contribution is 5.86. The third kappa shape index (κ3) is 0.615. The van der Waals surface area contributed by atoms with Crippen LogP contribution in [0.3, 0.4) is 0 Å². The highest BCUT2D eigenvalue weighted by Crippen LogP contribution is 2.76. The summed E-state index contributed by atoms with van der Waals surface area (Å²) in [5.41, 5.74) is -0.783. The van der Waals surface area contributed by atoms with Crippen LogP contribution in [0.2, 0.25) is 0 Å². The van der Waals surface area contributed by atoms with Crippen LogP contribution in [0.15, 0.2) is 0 Å². The van der Waals surface area contributed by atoms with Crippen LogP contribution in [-0.2, 0) is 14.3 Å². The van der Waals surface area contributed by atoms with Crippen molar-refractivity contribution in [1.29, 1.82) is 0 Å². The Morgan fingerprint density at radius 1 is 1.29 bits per heavy atom. The molecular formula is C11H14O3. The van der Waals surface area contributed by atoms with E-state index in [1.165, 1.54) is 7.11 Å². The Hall–Kier alpha value is -0.860. The van der Waals surface area contributed by atoms with Crippen molar-refractivity contribution < 1.29 is 14.3 Å². The maximum atomic E-state index is 11.8. The summed E-state index contributed by atoms with van der Waals surface area (Å²) in [5.74, 6) is 1.07. The first kappa shape index (κ1) is 8.45. The second kappa shape index (κ2) is 2.20. The normalized spacial score (nSPS) is 52.6. The van der Waals surface area contributed by atoms with Crippen molar-refractivity contribution >= 4 is 12.3 Å². The first-order valence-electron chi connectivity index (χ1n) is 5.22. The fourth-order valence-electron chi connectivity index (χ4n) is 4.38. The molecule has 4 aliphatic rings. The number of hydrogen-bond acceptors (Lipinski definition) is 3. The zero-order valence-electron chi connectivity index (χ0n) is 8.29. The highest BCUT2D eigenvalue weighted by Gasteiger charge is 2.75. The van der Waals surface area contributed by atoms with Crippen molar-refractivity contribution in [3.8, 4) is 0 Å². The van der Waals surface area contributed by atoms with Crippen LogP contribution < -0.4 is 0 Å². The average molecular weight is 194 g/mol. The zero-order chi connectivity index (χ0) is 9.97. The highest BCUT2D eigenvalue weighted by atomic mass is 16.5. The number of ether oxygens (including phenoxy) is 1. The topological polar surface area (TPSA) is 43.4 Å². The number of hydrogen-bond donors (Lipinski definition) is 0. The van der Waals surface area contributed by atoms with Gasteiger partial charge in [0.15, 0.2) is 0 Å². The SMILES string of the molecule is COC(=O)C12CC3CC1(C=O)CC3C2. The van der Waals surface area contributed by atoms with Gasteiger partial charge in [-0.15, -0.1) is 0 Å². The molecule has 4 fully saturated rings. The molecular weight excluding hydrogens is 180 g/mol. The summed E-state index contributed by atoms with van der Waals surface area (Å²) in [5, 5.41) is 0. The molecule has 2 atom stereocenters. The molecule has 4 bridgehead atoms. The Morgan fingerprint density at radius 2 is 1.86 bits per heavy atom. The Kier molecular flexibility index (Phi) is 1.33. The van der Waals surface area contributed by atoms with Gasteiger partial charge >= 0.3 is 5.97 Å². The average Bonchev–Trinajstić information content (AvgIpc) is 2.85. The molecule has 3 nitrogen and oxygen atoms in total. The third-order valence-corrected chi connectivity index (χ3v) is 4.90. The molecule has 0 radical (unpaired) electrons. The van der Waals surface area contributed by atoms with Crippen LogP contribution in [0.5, 0.6) is 0 Å². The van der Waals surface area contributed by atoms with Gasteiger partial charge in [0.2, 0.25) is 0 Å². The standard InChI is InChI=1S/C11H14O3/c1-14-9(13)11-4-7-2-10(11,6-12)3-8(7)5-11/h6-8H,2-5H2,1H3. The van der Waals surface area contributed by atoms with Gasteiger partial charge in [-0.3, -0.25) is 4.79 Å². The third-order valence-electron chi connectivity index (χ3n) is 4.90. The predicted molar refractivity (Wildman–Crippen MR) is 48.4 cm³/mol. The molecule has 0 amide bonds. The van der Waals surface area contributed by atoms with Crippen LogP contribution >= 0.6 is 0 Å². The Balaban J connectivity index is 2.09. The van der Waals surface area contributed by atoms with Gasteiger partial charge in [0.25, 0.3) is 0 Å². The number of methoxy groups -OCH3 is 1. The molecule has 3 heteroatoms. The lowest BCUT2D eigenvalue weighted by atomic mass is 9.69. The maximum Gasteiger partial charge on any atom is 0.312 e. The van der Waals surface area contributed by atoms with Gasteiger partial charge in [-0.1, -0.05) is 0 Å². The summed E-state index contributed by atoms with van der Waals surface area (Å²) >= 11 is 0. The Morgan fingerprint density at radius 3 is 2.29 bits per heavy atom. The van der Waals surface area contributed by atoms with E-state index in [0.29, 0.717) is 11.8 Å². The van der Waals surface area contributed by atoms with Crippen molar-refractivity contribution in [1.82, 2.24) is 0 Å². The van der Waals surface area contributed by atoms with E-state index in [-0.39, 0.29) is 11.4 Å². The van der Waals surface area contributed by atoms with Gasteiger partial charge in [0, 0.05) is 5.41 Å². The van der Waals surface area contributed by atoms with E-state index in [2.05, 4.69) is 0 Å². The van der Waals surface area contributed by atoms with E-state index >= 15 is 0 Å². The first-order valence-corrected chi connectivity index (χ1v) is 5.22. The maximum absolute atomic E-state index is 11.8. The van der Waals surface area contributed by atoms with Crippen LogP contribution in [0, 0.1) is 22.7 Å². The Bertz CT molecular complexity index is 306. The van der Waals surface area contributed by atoms with E-state index in [4.69, 9.17) is 4.74 Å². The second-order valence-corrected chi connectivity index (χ2v) is 5.18. The monoisotopic (exact) mass is 194 g/mol. The summed E-state index contributed by atoms with van der Waals surface area (Å²) < 4.78 is 4.88. The van der Waals surface area contributed by atoms with E-state index < -0.39 is 5.41 Å². The molecule has 76 valence electrons. The van der Waals surface area contributed by atoms with Gasteiger partial charge in [-0.25, -0.2) is 0 Å². The summed E-state index contributed by atoms with van der Waals surface area (Å²) in [6, 6.07) is 0. The van der Waals surface area contributed by atoms with Crippen LogP contribution in [0.1, 0.15) is 25.7 Å². The molecule has 4 saturated carbocycles. The predicted octanol–water partition coefficient (Wildman–Crippen LogP) is 1.16. The summed E-state index contributed by atoms with van der Waals surface area (Å²) in [4.78, 5) is 23.1. The minimum Gasteiger partial charge on any atom is -0.469 e. The van der Waals surface area contributed by atoms with Crippen LogP contribution in [0.25, 0.3) is 0 Å². The molecule has 0 N–H and O–H groups in total. The van der Waals surface area contributed by atoms with E-state index in [0.717, 1.165) is 32.0 Å².